The van der Waals surface area contributed by atoms with Crippen molar-refractivity contribution >= 4 is 20.7 Å². The number of rotatable bonds is 8. The van der Waals surface area contributed by atoms with Crippen molar-refractivity contribution in [3.63, 3.8) is 0 Å². The summed E-state index contributed by atoms with van der Waals surface area (Å²) < 4.78 is 39.5. The number of hydrogen-bond donors (Lipinski definition) is 1. The summed E-state index contributed by atoms with van der Waals surface area (Å²) in [6.45, 7) is 3.79. The van der Waals surface area contributed by atoms with E-state index in [2.05, 4.69) is 11.2 Å². The van der Waals surface area contributed by atoms with Crippen LogP contribution >= 0.6 is 0 Å². The van der Waals surface area contributed by atoms with Gasteiger partial charge in [-0.15, -0.1) is 0 Å². The van der Waals surface area contributed by atoms with Crippen LogP contribution in [0.25, 0.3) is 10.9 Å². The number of aliphatic hydroxyl groups is 1. The van der Waals surface area contributed by atoms with E-state index in [1.165, 1.54) is 12.1 Å². The topological polar surface area (TPSA) is 96.0 Å². The lowest BCUT2D eigenvalue weighted by atomic mass is 9.80. The number of fused-ring (bicyclic) bond motifs is 1. The molecule has 1 aromatic heterocycles. The largest absolute Gasteiger partial charge is 0.390 e. The van der Waals surface area contributed by atoms with Gasteiger partial charge in [0.25, 0.3) is 0 Å². The maximum absolute atomic E-state index is 14.6. The van der Waals surface area contributed by atoms with Crippen LogP contribution in [0.2, 0.25) is 0 Å². The molecule has 0 saturated carbocycles. The van der Waals surface area contributed by atoms with E-state index in [4.69, 9.17) is 5.26 Å². The van der Waals surface area contributed by atoms with Crippen LogP contribution in [0, 0.1) is 17.1 Å². The van der Waals surface area contributed by atoms with E-state index >= 15 is 0 Å². The molecule has 1 N–H and O–H groups in total. The summed E-state index contributed by atoms with van der Waals surface area (Å²) in [7, 11) is -3.21. The van der Waals surface area contributed by atoms with E-state index in [-0.39, 0.29) is 12.2 Å². The highest BCUT2D eigenvalue weighted by Crippen LogP contribution is 2.38. The molecule has 164 valence electrons. The Morgan fingerprint density at radius 1 is 1.26 bits per heavy atom. The number of hydrogen-bond acceptors (Lipinski definition) is 5. The quantitative estimate of drug-likeness (QED) is 0.574. The Morgan fingerprint density at radius 3 is 2.48 bits per heavy atom. The third-order valence-corrected chi connectivity index (χ3v) is 6.80. The van der Waals surface area contributed by atoms with Gasteiger partial charge in [0.05, 0.1) is 35.2 Å². The Bertz CT molecular complexity index is 1230. The van der Waals surface area contributed by atoms with E-state index in [1.807, 2.05) is 13.8 Å². The van der Waals surface area contributed by atoms with Crippen LogP contribution in [0.3, 0.4) is 0 Å². The number of nitriles is 1. The third kappa shape index (κ3) is 4.34. The first-order valence-electron chi connectivity index (χ1n) is 10.2. The Balaban J connectivity index is 2.25. The molecule has 0 radical (unpaired) electrons. The van der Waals surface area contributed by atoms with Crippen molar-refractivity contribution in [3.05, 3.63) is 65.1 Å². The molecule has 2 unspecified atom stereocenters. The molecule has 0 aliphatic rings. The minimum Gasteiger partial charge on any atom is -0.390 e. The third-order valence-electron chi connectivity index (χ3n) is 5.85. The van der Waals surface area contributed by atoms with Crippen molar-refractivity contribution in [1.82, 2.24) is 9.78 Å². The second kappa shape index (κ2) is 8.77. The fraction of sp³-hybridized carbons (Fsp3) is 0.391. The summed E-state index contributed by atoms with van der Waals surface area (Å²) in [6, 6.07) is 11.7. The molecule has 2 aromatic carbocycles. The smallest absolute Gasteiger partial charge is 0.147 e. The van der Waals surface area contributed by atoms with Crippen molar-refractivity contribution in [2.24, 2.45) is 0 Å². The fourth-order valence-electron chi connectivity index (χ4n) is 4.20. The van der Waals surface area contributed by atoms with E-state index in [1.54, 1.807) is 35.1 Å². The molecule has 31 heavy (non-hydrogen) atoms. The summed E-state index contributed by atoms with van der Waals surface area (Å²) >= 11 is 0. The van der Waals surface area contributed by atoms with Crippen molar-refractivity contribution in [2.45, 2.75) is 44.8 Å². The van der Waals surface area contributed by atoms with Crippen molar-refractivity contribution < 1.29 is 17.9 Å². The van der Waals surface area contributed by atoms with Gasteiger partial charge in [-0.3, -0.25) is 4.68 Å². The summed E-state index contributed by atoms with van der Waals surface area (Å²) in [5.41, 5.74) is 1.33. The number of aliphatic hydroxyl groups excluding tert-OH is 1. The van der Waals surface area contributed by atoms with Crippen molar-refractivity contribution in [3.8, 4) is 6.07 Å². The predicted molar refractivity (Wildman–Crippen MR) is 118 cm³/mol. The second-order valence-corrected chi connectivity index (χ2v) is 10.1. The lowest BCUT2D eigenvalue weighted by molar-refractivity contribution is 0.0487. The number of benzene rings is 2. The van der Waals surface area contributed by atoms with Gasteiger partial charge in [-0.1, -0.05) is 26.0 Å². The molecule has 0 bridgehead atoms. The van der Waals surface area contributed by atoms with Crippen LogP contribution in [0.5, 0.6) is 0 Å². The molecule has 0 aliphatic heterocycles. The molecule has 3 rings (SSSR count). The summed E-state index contributed by atoms with van der Waals surface area (Å²) in [5, 5.41) is 25.5. The number of aromatic nitrogens is 2. The number of aryl methyl sites for hydroxylation is 1. The molecule has 0 aliphatic carbocycles. The van der Waals surface area contributed by atoms with Gasteiger partial charge < -0.3 is 5.11 Å². The van der Waals surface area contributed by atoms with Gasteiger partial charge in [-0.05, 0) is 54.7 Å². The summed E-state index contributed by atoms with van der Waals surface area (Å²) in [4.78, 5) is 0. The molecule has 0 fully saturated rings. The molecule has 8 heteroatoms. The number of sulfone groups is 1. The van der Waals surface area contributed by atoms with E-state index in [0.29, 0.717) is 34.9 Å². The molecule has 3 aromatic rings. The molecule has 0 spiro atoms. The standard InChI is InChI=1S/C23H26FN3O3S/c1-4-22(28)23(5-2,18-8-6-16(14-25)7-9-18)27-21-13-19(24)12-17(20(21)15-26-27)10-11-31(3,29)30/h6-9,12-13,15,22,28H,4-5,10-11H2,1-3H3. The van der Waals surface area contributed by atoms with Crippen LogP contribution < -0.4 is 0 Å². The first-order chi connectivity index (χ1) is 14.7. The van der Waals surface area contributed by atoms with Crippen molar-refractivity contribution in [1.29, 1.82) is 5.26 Å². The molecule has 6 nitrogen and oxygen atoms in total. The van der Waals surface area contributed by atoms with Crippen molar-refractivity contribution in [2.75, 3.05) is 12.0 Å². The van der Waals surface area contributed by atoms with Crippen LogP contribution in [0.15, 0.2) is 42.6 Å². The monoisotopic (exact) mass is 443 g/mol. The Hall–Kier alpha value is -2.76. The van der Waals surface area contributed by atoms with Gasteiger partial charge in [-0.2, -0.15) is 10.4 Å². The molecular weight excluding hydrogens is 417 g/mol. The maximum Gasteiger partial charge on any atom is 0.147 e. The average molecular weight is 444 g/mol. The van der Waals surface area contributed by atoms with Gasteiger partial charge in [-0.25, -0.2) is 12.8 Å². The van der Waals surface area contributed by atoms with E-state index in [9.17, 15) is 17.9 Å². The molecule has 0 amide bonds. The highest BCUT2D eigenvalue weighted by molar-refractivity contribution is 7.90. The highest BCUT2D eigenvalue weighted by Gasteiger charge is 2.41. The first kappa shape index (κ1) is 22.9. The number of halogens is 1. The SMILES string of the molecule is CCC(O)C(CC)(c1ccc(C#N)cc1)n1ncc2c(CCS(C)(=O)=O)cc(F)cc21. The zero-order valence-electron chi connectivity index (χ0n) is 17.8. The van der Waals surface area contributed by atoms with Crippen LogP contribution in [0.1, 0.15) is 43.4 Å². The molecule has 1 heterocycles. The Morgan fingerprint density at radius 2 is 1.94 bits per heavy atom. The summed E-state index contributed by atoms with van der Waals surface area (Å²) in [6.07, 6.45) is 3.01. The summed E-state index contributed by atoms with van der Waals surface area (Å²) in [5.74, 6) is -0.586. The molecule has 2 atom stereocenters. The van der Waals surface area contributed by atoms with Gasteiger partial charge in [0.2, 0.25) is 0 Å². The lowest BCUT2D eigenvalue weighted by Crippen LogP contribution is -2.46. The Labute approximate surface area is 181 Å². The predicted octanol–water partition coefficient (Wildman–Crippen LogP) is 3.56. The molecule has 0 saturated heterocycles. The van der Waals surface area contributed by atoms with Crippen LogP contribution in [-0.2, 0) is 21.8 Å². The lowest BCUT2D eigenvalue weighted by Gasteiger charge is -2.38. The number of nitrogens with zero attached hydrogens (tertiary/aromatic N) is 3. The normalized spacial score (nSPS) is 14.8. The Kier molecular flexibility index (Phi) is 6.48. The zero-order valence-corrected chi connectivity index (χ0v) is 18.7. The second-order valence-electron chi connectivity index (χ2n) is 7.82. The average Bonchev–Trinajstić information content (AvgIpc) is 3.16. The fourth-order valence-corrected chi connectivity index (χ4v) is 4.79. The minimum absolute atomic E-state index is 0.0944. The first-order valence-corrected chi connectivity index (χ1v) is 12.2. The van der Waals surface area contributed by atoms with Gasteiger partial charge in [0, 0.05) is 11.6 Å². The van der Waals surface area contributed by atoms with Gasteiger partial charge >= 0.3 is 0 Å². The van der Waals surface area contributed by atoms with E-state index < -0.39 is 27.3 Å². The maximum atomic E-state index is 14.6. The minimum atomic E-state index is -3.21. The zero-order chi connectivity index (χ0) is 22.8. The van der Waals surface area contributed by atoms with Crippen LogP contribution in [0.4, 0.5) is 4.39 Å². The van der Waals surface area contributed by atoms with Gasteiger partial charge in [0.15, 0.2) is 0 Å². The highest BCUT2D eigenvalue weighted by atomic mass is 32.2. The molecular formula is C23H26FN3O3S. The van der Waals surface area contributed by atoms with Crippen LogP contribution in [-0.4, -0.2) is 41.4 Å². The van der Waals surface area contributed by atoms with Gasteiger partial charge in [0.1, 0.15) is 21.2 Å². The van der Waals surface area contributed by atoms with E-state index in [0.717, 1.165) is 11.8 Å².